The van der Waals surface area contributed by atoms with Crippen LogP contribution in [0.4, 0.5) is 9.39 Å². The molecule has 0 unspecified atom stereocenters. The van der Waals surface area contributed by atoms with E-state index in [0.29, 0.717) is 11.0 Å². The minimum absolute atomic E-state index is 0.228. The van der Waals surface area contributed by atoms with Gasteiger partial charge < -0.3 is 15.0 Å². The lowest BCUT2D eigenvalue weighted by Crippen LogP contribution is -2.41. The molecule has 1 saturated heterocycles. The van der Waals surface area contributed by atoms with Crippen LogP contribution in [-0.2, 0) is 9.31 Å². The summed E-state index contributed by atoms with van der Waals surface area (Å²) in [6, 6.07) is 2.04. The van der Waals surface area contributed by atoms with Gasteiger partial charge in [-0.25, -0.2) is 4.39 Å². The summed E-state index contributed by atoms with van der Waals surface area (Å²) in [6.45, 7) is 12.9. The van der Waals surface area contributed by atoms with Crippen LogP contribution in [0.3, 0.4) is 0 Å². The van der Waals surface area contributed by atoms with Crippen LogP contribution in [-0.4, -0.2) is 18.3 Å². The fraction of sp³-hybridized carbons (Fsp3) is 0.438. The topological polar surface area (TPSA) is 68.3 Å². The van der Waals surface area contributed by atoms with Crippen LogP contribution in [0.25, 0.3) is 11.3 Å². The number of hydrogen-bond acceptors (Lipinski definition) is 5. The number of allylic oxidation sites excluding steroid dienone is 1. The lowest BCUT2D eigenvalue weighted by Gasteiger charge is -2.32. The van der Waals surface area contributed by atoms with Crippen molar-refractivity contribution in [3.63, 3.8) is 0 Å². The molecule has 0 aliphatic carbocycles. The zero-order chi connectivity index (χ0) is 17.6. The summed E-state index contributed by atoms with van der Waals surface area (Å²) in [5.41, 5.74) is 6.02. The van der Waals surface area contributed by atoms with Crippen LogP contribution >= 0.6 is 11.3 Å². The van der Waals surface area contributed by atoms with E-state index in [-0.39, 0.29) is 15.4 Å². The van der Waals surface area contributed by atoms with Gasteiger partial charge in [-0.05, 0) is 40.1 Å². The van der Waals surface area contributed by atoms with Crippen molar-refractivity contribution >= 4 is 34.8 Å². The second kappa shape index (κ2) is 5.79. The quantitative estimate of drug-likeness (QED) is 0.842. The summed E-state index contributed by atoms with van der Waals surface area (Å²) in [7, 11) is -0.704. The molecule has 23 heavy (non-hydrogen) atoms. The Kier molecular flexibility index (Phi) is 4.46. The third-order valence-electron chi connectivity index (χ3n) is 4.40. The Hall–Kier alpha value is -1.62. The van der Waals surface area contributed by atoms with Crippen molar-refractivity contribution in [1.82, 2.24) is 0 Å². The Bertz CT molecular complexity index is 715. The zero-order valence-electron chi connectivity index (χ0n) is 14.0. The van der Waals surface area contributed by atoms with Crippen LogP contribution < -0.4 is 5.73 Å². The number of anilines is 1. The van der Waals surface area contributed by atoms with Crippen molar-refractivity contribution in [1.29, 1.82) is 5.26 Å². The SMILES string of the molecule is C=C(F)c1sc(N)c(C#N)c1/C(=C\C)B1OC(C)(C)C(C)(C)O1. The van der Waals surface area contributed by atoms with Crippen molar-refractivity contribution in [2.45, 2.75) is 45.8 Å². The first-order chi connectivity index (χ1) is 10.6. The van der Waals surface area contributed by atoms with Crippen molar-refractivity contribution in [3.8, 4) is 6.07 Å². The first-order valence-electron chi connectivity index (χ1n) is 7.25. The highest BCUT2D eigenvalue weighted by Crippen LogP contribution is 2.45. The maximum Gasteiger partial charge on any atom is 0.495 e. The molecule has 2 N–H and O–H groups in total. The van der Waals surface area contributed by atoms with Gasteiger partial charge in [0, 0.05) is 5.56 Å². The molecule has 1 aromatic heterocycles. The second-order valence-electron chi connectivity index (χ2n) is 6.39. The molecule has 2 heterocycles. The fourth-order valence-electron chi connectivity index (χ4n) is 2.39. The van der Waals surface area contributed by atoms with Crippen LogP contribution in [0.2, 0.25) is 0 Å². The molecule has 0 saturated carbocycles. The van der Waals surface area contributed by atoms with E-state index in [4.69, 9.17) is 15.0 Å². The third kappa shape index (κ3) is 2.83. The van der Waals surface area contributed by atoms with Gasteiger partial charge in [0.1, 0.15) is 16.9 Å². The summed E-state index contributed by atoms with van der Waals surface area (Å²) in [5, 5.41) is 9.66. The summed E-state index contributed by atoms with van der Waals surface area (Å²) in [6.07, 6.45) is 1.76. The number of rotatable bonds is 3. The largest absolute Gasteiger partial charge is 0.495 e. The van der Waals surface area contributed by atoms with Crippen molar-refractivity contribution in [3.05, 3.63) is 28.7 Å². The smallest absolute Gasteiger partial charge is 0.399 e. The van der Waals surface area contributed by atoms with E-state index in [1.807, 2.05) is 33.8 Å². The average Bonchev–Trinajstić information content (AvgIpc) is 2.85. The Morgan fingerprint density at radius 1 is 1.35 bits per heavy atom. The van der Waals surface area contributed by atoms with E-state index in [9.17, 15) is 9.65 Å². The van der Waals surface area contributed by atoms with E-state index < -0.39 is 24.1 Å². The number of nitriles is 1. The van der Waals surface area contributed by atoms with E-state index in [1.54, 1.807) is 13.0 Å². The molecule has 1 aromatic rings. The highest BCUT2D eigenvalue weighted by molar-refractivity contribution is 7.17. The van der Waals surface area contributed by atoms with Gasteiger partial charge in [-0.3, -0.25) is 0 Å². The normalized spacial score (nSPS) is 19.7. The highest BCUT2D eigenvalue weighted by atomic mass is 32.1. The molecular weight excluding hydrogens is 314 g/mol. The fourth-order valence-corrected chi connectivity index (χ4v) is 3.30. The minimum Gasteiger partial charge on any atom is -0.399 e. The van der Waals surface area contributed by atoms with Gasteiger partial charge in [0.2, 0.25) is 0 Å². The molecule has 2 rings (SSSR count). The van der Waals surface area contributed by atoms with Crippen molar-refractivity contribution in [2.75, 3.05) is 5.73 Å². The minimum atomic E-state index is -0.704. The van der Waals surface area contributed by atoms with Crippen LogP contribution in [0, 0.1) is 11.3 Å². The molecule has 4 nitrogen and oxygen atoms in total. The second-order valence-corrected chi connectivity index (χ2v) is 7.45. The van der Waals surface area contributed by atoms with Gasteiger partial charge in [0.05, 0.1) is 21.6 Å². The Morgan fingerprint density at radius 2 is 1.87 bits per heavy atom. The Morgan fingerprint density at radius 3 is 2.26 bits per heavy atom. The first kappa shape index (κ1) is 17.7. The first-order valence-corrected chi connectivity index (χ1v) is 8.06. The molecule has 0 atom stereocenters. The number of nitrogens with two attached hydrogens (primary N) is 1. The number of hydrogen-bond donors (Lipinski definition) is 1. The van der Waals surface area contributed by atoms with Gasteiger partial charge >= 0.3 is 7.12 Å². The molecular formula is C16H20BFN2O2S. The standard InChI is InChI=1S/C16H20BFN2O2S/c1-7-11(17-21-15(3,4)16(5,6)22-17)12-10(8-19)14(20)23-13(12)9(2)18/h7H,2,20H2,1,3-6H3/b11-7+. The van der Waals surface area contributed by atoms with Crippen LogP contribution in [0.15, 0.2) is 12.7 Å². The lowest BCUT2D eigenvalue weighted by molar-refractivity contribution is 0.00578. The lowest BCUT2D eigenvalue weighted by atomic mass is 9.72. The average molecular weight is 334 g/mol. The van der Waals surface area contributed by atoms with E-state index >= 15 is 0 Å². The summed E-state index contributed by atoms with van der Waals surface area (Å²) < 4.78 is 25.9. The maximum atomic E-state index is 13.9. The van der Waals surface area contributed by atoms with Crippen LogP contribution in [0.1, 0.15) is 50.6 Å². The third-order valence-corrected chi connectivity index (χ3v) is 5.45. The van der Waals surface area contributed by atoms with E-state index in [1.165, 1.54) is 0 Å². The molecule has 0 aromatic carbocycles. The Balaban J connectivity index is 2.58. The summed E-state index contributed by atoms with van der Waals surface area (Å²) >= 11 is 1.00. The number of nitrogens with zero attached hydrogens (tertiary/aromatic N) is 1. The zero-order valence-corrected chi connectivity index (χ0v) is 14.8. The van der Waals surface area contributed by atoms with E-state index in [0.717, 1.165) is 11.3 Å². The number of halogens is 1. The molecule has 1 aliphatic heterocycles. The summed E-state index contributed by atoms with van der Waals surface area (Å²) in [4.78, 5) is 0.238. The van der Waals surface area contributed by atoms with Gasteiger partial charge in [-0.1, -0.05) is 12.7 Å². The molecule has 7 heteroatoms. The number of thiophene rings is 1. The molecule has 0 bridgehead atoms. The molecule has 122 valence electrons. The molecule has 1 aliphatic rings. The van der Waals surface area contributed by atoms with Gasteiger partial charge in [0.15, 0.2) is 0 Å². The molecule has 0 amide bonds. The number of nitrogen functional groups attached to an aromatic ring is 1. The van der Waals surface area contributed by atoms with Crippen molar-refractivity contribution < 1.29 is 13.7 Å². The predicted octanol–water partition coefficient (Wildman–Crippen LogP) is 4.18. The summed E-state index contributed by atoms with van der Waals surface area (Å²) in [5.74, 6) is -0.630. The Labute approximate surface area is 140 Å². The van der Waals surface area contributed by atoms with Crippen LogP contribution in [0.5, 0.6) is 0 Å². The van der Waals surface area contributed by atoms with Gasteiger partial charge in [-0.15, -0.1) is 11.3 Å². The predicted molar refractivity (Wildman–Crippen MR) is 93.3 cm³/mol. The van der Waals surface area contributed by atoms with Gasteiger partial charge in [-0.2, -0.15) is 5.26 Å². The van der Waals surface area contributed by atoms with E-state index in [2.05, 4.69) is 6.58 Å². The van der Waals surface area contributed by atoms with Gasteiger partial charge in [0.25, 0.3) is 0 Å². The van der Waals surface area contributed by atoms with Crippen molar-refractivity contribution in [2.24, 2.45) is 0 Å². The monoisotopic (exact) mass is 334 g/mol. The molecule has 1 fully saturated rings. The highest BCUT2D eigenvalue weighted by Gasteiger charge is 2.53. The molecule has 0 radical (unpaired) electrons. The molecule has 0 spiro atoms. The maximum absolute atomic E-state index is 13.9.